The Labute approximate surface area is 70.1 Å². The van der Waals surface area contributed by atoms with Crippen LogP contribution in [0.1, 0.15) is 15.9 Å². The molecule has 0 saturated carbocycles. The monoisotopic (exact) mass is 166 g/mol. The Morgan fingerprint density at radius 2 is 2.17 bits per heavy atom. The van der Waals surface area contributed by atoms with Crippen molar-refractivity contribution >= 4 is 11.7 Å². The first-order valence-corrected chi connectivity index (χ1v) is 3.43. The predicted molar refractivity (Wildman–Crippen MR) is 45.2 cm³/mol. The molecule has 1 rings (SSSR count). The number of carbonyl (C=O) groups excluding carboxylic acids is 1. The summed E-state index contributed by atoms with van der Waals surface area (Å²) in [5.74, 6) is 4.16. The van der Waals surface area contributed by atoms with Crippen molar-refractivity contribution in [1.29, 1.82) is 0 Å². The van der Waals surface area contributed by atoms with Gasteiger partial charge in [-0.3, -0.25) is 0 Å². The topological polar surface area (TPSA) is 78.3 Å². The number of rotatable bonds is 1. The fourth-order valence-electron chi connectivity index (χ4n) is 0.938. The minimum atomic E-state index is -0.570. The van der Waals surface area contributed by atoms with E-state index in [1.54, 1.807) is 25.1 Å². The van der Waals surface area contributed by atoms with Gasteiger partial charge in [-0.25, -0.2) is 4.79 Å². The van der Waals surface area contributed by atoms with Crippen LogP contribution in [0.25, 0.3) is 0 Å². The Hall–Kier alpha value is -1.55. The van der Waals surface area contributed by atoms with Crippen LogP contribution in [0.3, 0.4) is 0 Å². The summed E-state index contributed by atoms with van der Waals surface area (Å²) in [4.78, 5) is 15.1. The Morgan fingerprint density at radius 1 is 1.50 bits per heavy atom. The molecule has 0 bridgehead atoms. The highest BCUT2D eigenvalue weighted by Crippen LogP contribution is 2.15. The van der Waals surface area contributed by atoms with Crippen LogP contribution in [-0.4, -0.2) is 5.97 Å². The number of hydrogen-bond acceptors (Lipinski definition) is 4. The summed E-state index contributed by atoms with van der Waals surface area (Å²) in [5.41, 5.74) is 7.21. The van der Waals surface area contributed by atoms with Gasteiger partial charge in [0.05, 0.1) is 5.56 Å². The molecule has 0 amide bonds. The van der Waals surface area contributed by atoms with Crippen LogP contribution in [0.2, 0.25) is 0 Å². The third-order valence-corrected chi connectivity index (χ3v) is 1.70. The zero-order chi connectivity index (χ0) is 9.14. The van der Waals surface area contributed by atoms with Gasteiger partial charge in [0.25, 0.3) is 0 Å². The van der Waals surface area contributed by atoms with Crippen molar-refractivity contribution in [3.8, 4) is 0 Å². The van der Waals surface area contributed by atoms with Crippen molar-refractivity contribution in [3.05, 3.63) is 29.3 Å². The summed E-state index contributed by atoms with van der Waals surface area (Å²) in [7, 11) is 0. The number of benzene rings is 1. The molecule has 64 valence electrons. The first-order valence-electron chi connectivity index (χ1n) is 3.43. The second kappa shape index (κ2) is 3.23. The molecule has 0 aliphatic rings. The highest BCUT2D eigenvalue weighted by Gasteiger charge is 2.09. The van der Waals surface area contributed by atoms with Gasteiger partial charge in [0.15, 0.2) is 0 Å². The minimum absolute atomic E-state index is 0.400. The van der Waals surface area contributed by atoms with Crippen LogP contribution >= 0.6 is 0 Å². The fraction of sp³-hybridized carbons (Fsp3) is 0.125. The standard InChI is InChI=1S/C8H10N2O2/c1-5-6(8(11)12-10)3-2-4-7(5)9/h2-4H,9-10H2,1H3. The predicted octanol–water partition coefficient (Wildman–Crippen LogP) is 0.608. The Balaban J connectivity index is 3.16. The molecule has 0 radical (unpaired) electrons. The van der Waals surface area contributed by atoms with E-state index >= 15 is 0 Å². The third kappa shape index (κ3) is 1.38. The molecule has 12 heavy (non-hydrogen) atoms. The minimum Gasteiger partial charge on any atom is -0.398 e. The fourth-order valence-corrected chi connectivity index (χ4v) is 0.938. The summed E-state index contributed by atoms with van der Waals surface area (Å²) in [6, 6.07) is 5.00. The van der Waals surface area contributed by atoms with Crippen LogP contribution in [0.15, 0.2) is 18.2 Å². The van der Waals surface area contributed by atoms with Crippen LogP contribution in [0.5, 0.6) is 0 Å². The van der Waals surface area contributed by atoms with Gasteiger partial charge in [-0.05, 0) is 24.6 Å². The lowest BCUT2D eigenvalue weighted by Gasteiger charge is -2.04. The van der Waals surface area contributed by atoms with E-state index in [4.69, 9.17) is 11.6 Å². The molecule has 0 fully saturated rings. The summed E-state index contributed by atoms with van der Waals surface area (Å²) < 4.78 is 0. The molecule has 4 heteroatoms. The van der Waals surface area contributed by atoms with E-state index in [1.165, 1.54) is 0 Å². The van der Waals surface area contributed by atoms with E-state index in [9.17, 15) is 4.79 Å². The van der Waals surface area contributed by atoms with Gasteiger partial charge in [0.1, 0.15) is 0 Å². The van der Waals surface area contributed by atoms with E-state index in [1.807, 2.05) is 0 Å². The highest BCUT2D eigenvalue weighted by molar-refractivity contribution is 5.92. The average molecular weight is 166 g/mol. The molecule has 0 spiro atoms. The van der Waals surface area contributed by atoms with Crippen molar-refractivity contribution in [2.75, 3.05) is 5.73 Å². The van der Waals surface area contributed by atoms with E-state index < -0.39 is 5.97 Å². The maximum Gasteiger partial charge on any atom is 0.356 e. The van der Waals surface area contributed by atoms with Crippen LogP contribution in [-0.2, 0) is 4.84 Å². The molecule has 0 heterocycles. The molecule has 4 N–H and O–H groups in total. The summed E-state index contributed by atoms with van der Waals surface area (Å²) in [6.07, 6.45) is 0. The quantitative estimate of drug-likeness (QED) is 0.473. The second-order valence-corrected chi connectivity index (χ2v) is 2.43. The molecular weight excluding hydrogens is 156 g/mol. The molecule has 0 atom stereocenters. The Bertz CT molecular complexity index is 310. The van der Waals surface area contributed by atoms with Crippen molar-refractivity contribution in [3.63, 3.8) is 0 Å². The lowest BCUT2D eigenvalue weighted by Crippen LogP contribution is -2.12. The molecule has 0 unspecified atom stereocenters. The maximum absolute atomic E-state index is 11.0. The van der Waals surface area contributed by atoms with Crippen molar-refractivity contribution in [2.45, 2.75) is 6.92 Å². The summed E-state index contributed by atoms with van der Waals surface area (Å²) in [6.45, 7) is 1.74. The molecule has 1 aromatic rings. The zero-order valence-corrected chi connectivity index (χ0v) is 6.70. The van der Waals surface area contributed by atoms with Crippen molar-refractivity contribution < 1.29 is 9.63 Å². The van der Waals surface area contributed by atoms with E-state index in [0.717, 1.165) is 0 Å². The molecular formula is C8H10N2O2. The van der Waals surface area contributed by atoms with Gasteiger partial charge in [-0.2, -0.15) is 5.90 Å². The molecule has 0 saturated heterocycles. The smallest absolute Gasteiger partial charge is 0.356 e. The number of nitrogen functional groups attached to an aromatic ring is 1. The number of nitrogens with two attached hydrogens (primary N) is 2. The highest BCUT2D eigenvalue weighted by atomic mass is 16.7. The molecule has 0 aliphatic heterocycles. The van der Waals surface area contributed by atoms with Crippen LogP contribution in [0.4, 0.5) is 5.69 Å². The lowest BCUT2D eigenvalue weighted by molar-refractivity contribution is 0.0502. The van der Waals surface area contributed by atoms with Gasteiger partial charge >= 0.3 is 5.97 Å². The average Bonchev–Trinajstić information content (AvgIpc) is 2.08. The molecule has 0 aliphatic carbocycles. The number of hydrogen-bond donors (Lipinski definition) is 2. The maximum atomic E-state index is 11.0. The number of anilines is 1. The zero-order valence-electron chi connectivity index (χ0n) is 6.70. The second-order valence-electron chi connectivity index (χ2n) is 2.43. The molecule has 1 aromatic carbocycles. The van der Waals surface area contributed by atoms with E-state index in [2.05, 4.69) is 4.84 Å². The lowest BCUT2D eigenvalue weighted by atomic mass is 10.1. The normalized spacial score (nSPS) is 9.50. The van der Waals surface area contributed by atoms with E-state index in [-0.39, 0.29) is 0 Å². The van der Waals surface area contributed by atoms with E-state index in [0.29, 0.717) is 16.8 Å². The van der Waals surface area contributed by atoms with Gasteiger partial charge in [-0.15, -0.1) is 0 Å². The van der Waals surface area contributed by atoms with Gasteiger partial charge in [0, 0.05) is 5.69 Å². The molecule has 0 aromatic heterocycles. The Kier molecular flexibility index (Phi) is 2.30. The van der Waals surface area contributed by atoms with Crippen LogP contribution in [0, 0.1) is 6.92 Å². The number of carbonyl (C=O) groups is 1. The first-order chi connectivity index (χ1) is 5.66. The Morgan fingerprint density at radius 3 is 2.75 bits per heavy atom. The van der Waals surface area contributed by atoms with Crippen LogP contribution < -0.4 is 11.6 Å². The summed E-state index contributed by atoms with van der Waals surface area (Å²) >= 11 is 0. The van der Waals surface area contributed by atoms with Gasteiger partial charge < -0.3 is 10.6 Å². The first kappa shape index (κ1) is 8.55. The van der Waals surface area contributed by atoms with Crippen molar-refractivity contribution in [1.82, 2.24) is 0 Å². The third-order valence-electron chi connectivity index (χ3n) is 1.70. The van der Waals surface area contributed by atoms with Gasteiger partial charge in [0.2, 0.25) is 0 Å². The SMILES string of the molecule is Cc1c(N)cccc1C(=O)ON. The molecule has 4 nitrogen and oxygen atoms in total. The van der Waals surface area contributed by atoms with Crippen molar-refractivity contribution in [2.24, 2.45) is 5.90 Å². The van der Waals surface area contributed by atoms with Gasteiger partial charge in [-0.1, -0.05) is 6.07 Å². The summed E-state index contributed by atoms with van der Waals surface area (Å²) in [5, 5.41) is 0. The largest absolute Gasteiger partial charge is 0.398 e.